The SMILES string of the molecule is N=C(N)c1ccc(CN2CCc3ccc(F)cc32)c(F)c1. The Kier molecular flexibility index (Phi) is 3.33. The second kappa shape index (κ2) is 5.16. The Hall–Kier alpha value is -2.43. The van der Waals surface area contributed by atoms with Crippen molar-refractivity contribution < 1.29 is 8.78 Å². The summed E-state index contributed by atoms with van der Waals surface area (Å²) in [6.45, 7) is 1.12. The second-order valence-electron chi connectivity index (χ2n) is 5.16. The average molecular weight is 287 g/mol. The lowest BCUT2D eigenvalue weighted by molar-refractivity contribution is 0.605. The van der Waals surface area contributed by atoms with E-state index in [1.807, 2.05) is 4.90 Å². The first-order chi connectivity index (χ1) is 10.0. The smallest absolute Gasteiger partial charge is 0.128 e. The third-order valence-electron chi connectivity index (χ3n) is 3.76. The maximum atomic E-state index is 14.1. The van der Waals surface area contributed by atoms with Crippen LogP contribution in [0, 0.1) is 17.0 Å². The number of nitrogens with zero attached hydrogens (tertiary/aromatic N) is 1. The van der Waals surface area contributed by atoms with Crippen LogP contribution in [0.2, 0.25) is 0 Å². The van der Waals surface area contributed by atoms with Crippen molar-refractivity contribution >= 4 is 11.5 Å². The summed E-state index contributed by atoms with van der Waals surface area (Å²) in [5, 5.41) is 7.31. The van der Waals surface area contributed by atoms with E-state index in [9.17, 15) is 8.78 Å². The molecule has 0 unspecified atom stereocenters. The summed E-state index contributed by atoms with van der Waals surface area (Å²) in [5.74, 6) is -0.838. The fraction of sp³-hybridized carbons (Fsp3) is 0.188. The Bertz CT molecular complexity index is 713. The molecule has 0 aliphatic carbocycles. The van der Waals surface area contributed by atoms with Gasteiger partial charge in [0.05, 0.1) is 0 Å². The number of nitrogens with two attached hydrogens (primary N) is 1. The molecule has 3 nitrogen and oxygen atoms in total. The minimum absolute atomic E-state index is 0.158. The quantitative estimate of drug-likeness (QED) is 0.673. The van der Waals surface area contributed by atoms with E-state index in [1.165, 1.54) is 18.2 Å². The van der Waals surface area contributed by atoms with E-state index in [4.69, 9.17) is 11.1 Å². The van der Waals surface area contributed by atoms with Gasteiger partial charge in [-0.2, -0.15) is 0 Å². The van der Waals surface area contributed by atoms with Crippen molar-refractivity contribution in [1.29, 1.82) is 5.41 Å². The van der Waals surface area contributed by atoms with Crippen molar-refractivity contribution in [3.05, 3.63) is 64.7 Å². The van der Waals surface area contributed by atoms with Crippen LogP contribution in [0.5, 0.6) is 0 Å². The normalized spacial score (nSPS) is 13.3. The van der Waals surface area contributed by atoms with Crippen molar-refractivity contribution in [2.75, 3.05) is 11.4 Å². The maximum Gasteiger partial charge on any atom is 0.128 e. The Morgan fingerprint density at radius 1 is 1.19 bits per heavy atom. The van der Waals surface area contributed by atoms with Crippen LogP contribution in [0.3, 0.4) is 0 Å². The molecule has 3 rings (SSSR count). The number of anilines is 1. The summed E-state index contributed by atoms with van der Waals surface area (Å²) in [6, 6.07) is 9.24. The van der Waals surface area contributed by atoms with Gasteiger partial charge in [0.2, 0.25) is 0 Å². The number of nitrogen functional groups attached to an aromatic ring is 1. The number of hydrogen-bond acceptors (Lipinski definition) is 2. The van der Waals surface area contributed by atoms with Gasteiger partial charge in [-0.3, -0.25) is 5.41 Å². The topological polar surface area (TPSA) is 53.1 Å². The molecule has 0 atom stereocenters. The van der Waals surface area contributed by atoms with Gasteiger partial charge in [0, 0.05) is 29.9 Å². The van der Waals surface area contributed by atoms with E-state index in [0.717, 1.165) is 24.2 Å². The van der Waals surface area contributed by atoms with Crippen LogP contribution in [-0.2, 0) is 13.0 Å². The largest absolute Gasteiger partial charge is 0.384 e. The summed E-state index contributed by atoms with van der Waals surface area (Å²) in [7, 11) is 0. The molecule has 0 fully saturated rings. The molecule has 1 heterocycles. The van der Waals surface area contributed by atoms with Crippen molar-refractivity contribution in [2.24, 2.45) is 5.73 Å². The van der Waals surface area contributed by atoms with Gasteiger partial charge in [0.25, 0.3) is 0 Å². The molecule has 0 saturated carbocycles. The maximum absolute atomic E-state index is 14.1. The van der Waals surface area contributed by atoms with Gasteiger partial charge in [-0.1, -0.05) is 18.2 Å². The lowest BCUT2D eigenvalue weighted by atomic mass is 10.1. The number of halogens is 2. The van der Waals surface area contributed by atoms with Gasteiger partial charge < -0.3 is 10.6 Å². The Balaban J connectivity index is 1.86. The average Bonchev–Trinajstić information content (AvgIpc) is 2.83. The highest BCUT2D eigenvalue weighted by molar-refractivity contribution is 5.94. The molecule has 0 aromatic heterocycles. The minimum Gasteiger partial charge on any atom is -0.384 e. The summed E-state index contributed by atoms with van der Waals surface area (Å²) in [4.78, 5) is 1.96. The summed E-state index contributed by atoms with van der Waals surface area (Å²) in [6.07, 6.45) is 0.836. The Morgan fingerprint density at radius 3 is 2.71 bits per heavy atom. The molecule has 108 valence electrons. The van der Waals surface area contributed by atoms with Crippen LogP contribution in [-0.4, -0.2) is 12.4 Å². The summed E-state index contributed by atoms with van der Waals surface area (Å²) < 4.78 is 27.4. The monoisotopic (exact) mass is 287 g/mol. The molecular formula is C16H15F2N3. The molecule has 0 saturated heterocycles. The zero-order valence-corrected chi connectivity index (χ0v) is 11.4. The number of amidine groups is 1. The van der Waals surface area contributed by atoms with Crippen LogP contribution in [0.4, 0.5) is 14.5 Å². The molecule has 2 aromatic rings. The van der Waals surface area contributed by atoms with E-state index in [-0.39, 0.29) is 11.7 Å². The molecule has 1 aliphatic heterocycles. The predicted octanol–water partition coefficient (Wildman–Crippen LogP) is 2.81. The first kappa shape index (κ1) is 13.5. The molecule has 0 radical (unpaired) electrons. The third kappa shape index (κ3) is 2.59. The highest BCUT2D eigenvalue weighted by Gasteiger charge is 2.20. The zero-order valence-electron chi connectivity index (χ0n) is 11.4. The highest BCUT2D eigenvalue weighted by Crippen LogP contribution is 2.30. The van der Waals surface area contributed by atoms with Gasteiger partial charge in [0.15, 0.2) is 0 Å². The second-order valence-corrected chi connectivity index (χ2v) is 5.16. The minimum atomic E-state index is -0.396. The van der Waals surface area contributed by atoms with Crippen LogP contribution >= 0.6 is 0 Å². The zero-order chi connectivity index (χ0) is 15.0. The Labute approximate surface area is 121 Å². The number of nitrogens with one attached hydrogen (secondary N) is 1. The van der Waals surface area contributed by atoms with E-state index >= 15 is 0 Å². The molecule has 0 amide bonds. The molecule has 0 spiro atoms. The molecule has 21 heavy (non-hydrogen) atoms. The van der Waals surface area contributed by atoms with Gasteiger partial charge in [-0.05, 0) is 30.2 Å². The standard InChI is InChI=1S/C16H15F2N3/c17-13-4-3-10-5-6-21(15(10)8-13)9-12-2-1-11(16(19)20)7-14(12)18/h1-4,7-8H,5-6,9H2,(H3,19,20). The molecule has 1 aliphatic rings. The molecule has 3 N–H and O–H groups in total. The number of hydrogen-bond donors (Lipinski definition) is 2. The Morgan fingerprint density at radius 2 is 2.00 bits per heavy atom. The third-order valence-corrected chi connectivity index (χ3v) is 3.76. The van der Waals surface area contributed by atoms with Crippen molar-refractivity contribution in [3.8, 4) is 0 Å². The van der Waals surface area contributed by atoms with Crippen molar-refractivity contribution in [1.82, 2.24) is 0 Å². The predicted molar refractivity (Wildman–Crippen MR) is 78.6 cm³/mol. The molecule has 0 bridgehead atoms. The number of fused-ring (bicyclic) bond motifs is 1. The van der Waals surface area contributed by atoms with E-state index in [2.05, 4.69) is 0 Å². The first-order valence-corrected chi connectivity index (χ1v) is 6.71. The molecule has 5 heteroatoms. The van der Waals surface area contributed by atoms with Crippen molar-refractivity contribution in [2.45, 2.75) is 13.0 Å². The lowest BCUT2D eigenvalue weighted by Gasteiger charge is -2.20. The van der Waals surface area contributed by atoms with E-state index in [0.29, 0.717) is 17.7 Å². The van der Waals surface area contributed by atoms with Crippen LogP contribution in [0.15, 0.2) is 36.4 Å². The van der Waals surface area contributed by atoms with Crippen LogP contribution in [0.1, 0.15) is 16.7 Å². The fourth-order valence-corrected chi connectivity index (χ4v) is 2.63. The van der Waals surface area contributed by atoms with Gasteiger partial charge in [0.1, 0.15) is 17.5 Å². The molecule has 2 aromatic carbocycles. The van der Waals surface area contributed by atoms with Gasteiger partial charge >= 0.3 is 0 Å². The molecular weight excluding hydrogens is 272 g/mol. The number of rotatable bonds is 3. The van der Waals surface area contributed by atoms with E-state index in [1.54, 1.807) is 18.2 Å². The highest BCUT2D eigenvalue weighted by atomic mass is 19.1. The number of benzene rings is 2. The van der Waals surface area contributed by atoms with Crippen molar-refractivity contribution in [3.63, 3.8) is 0 Å². The van der Waals surface area contributed by atoms with Gasteiger partial charge in [-0.25, -0.2) is 8.78 Å². The fourth-order valence-electron chi connectivity index (χ4n) is 2.63. The van der Waals surface area contributed by atoms with Crippen LogP contribution in [0.25, 0.3) is 0 Å². The van der Waals surface area contributed by atoms with E-state index < -0.39 is 5.82 Å². The summed E-state index contributed by atoms with van der Waals surface area (Å²) in [5.41, 5.74) is 8.12. The summed E-state index contributed by atoms with van der Waals surface area (Å²) >= 11 is 0. The van der Waals surface area contributed by atoms with Gasteiger partial charge in [-0.15, -0.1) is 0 Å². The first-order valence-electron chi connectivity index (χ1n) is 6.71. The van der Waals surface area contributed by atoms with Crippen LogP contribution < -0.4 is 10.6 Å². The lowest BCUT2D eigenvalue weighted by Crippen LogP contribution is -2.21.